The van der Waals surface area contributed by atoms with E-state index in [0.29, 0.717) is 21.1 Å². The fourth-order valence-corrected chi connectivity index (χ4v) is 3.74. The highest BCUT2D eigenvalue weighted by Crippen LogP contribution is 2.31. The van der Waals surface area contributed by atoms with Crippen LogP contribution in [0.5, 0.6) is 0 Å². The van der Waals surface area contributed by atoms with E-state index in [1.165, 1.54) is 35.2 Å². The smallest absolute Gasteiger partial charge is 0.292 e. The van der Waals surface area contributed by atoms with Crippen LogP contribution in [0.2, 0.25) is 0 Å². The predicted octanol–water partition coefficient (Wildman–Crippen LogP) is 6.13. The third-order valence-corrected chi connectivity index (χ3v) is 5.20. The highest BCUT2D eigenvalue weighted by molar-refractivity contribution is 7.12. The van der Waals surface area contributed by atoms with Crippen molar-refractivity contribution in [2.24, 2.45) is 4.99 Å². The van der Waals surface area contributed by atoms with Gasteiger partial charge in [-0.3, -0.25) is 4.57 Å². The van der Waals surface area contributed by atoms with E-state index in [1.807, 2.05) is 0 Å². The molecule has 2 aromatic heterocycles. The van der Waals surface area contributed by atoms with Crippen LogP contribution in [0.15, 0.2) is 78.0 Å². The quantitative estimate of drug-likeness (QED) is 0.358. The first-order valence-electron chi connectivity index (χ1n) is 8.62. The normalized spacial score (nSPS) is 12.4. The van der Waals surface area contributed by atoms with Gasteiger partial charge < -0.3 is 0 Å². The average Bonchev–Trinajstić information content (AvgIpc) is 3.14. The average molecular weight is 433 g/mol. The van der Waals surface area contributed by atoms with Gasteiger partial charge in [0.1, 0.15) is 0 Å². The Balaban J connectivity index is 1.91. The molecule has 3 nitrogen and oxygen atoms in total. The van der Waals surface area contributed by atoms with Crippen molar-refractivity contribution in [2.75, 3.05) is 0 Å². The zero-order valence-electron chi connectivity index (χ0n) is 15.1. The molecule has 0 radical (unpaired) electrons. The second kappa shape index (κ2) is 7.83. The summed E-state index contributed by atoms with van der Waals surface area (Å²) in [4.78, 5) is 9.35. The maximum Gasteiger partial charge on any atom is 0.416 e. The Labute approximate surface area is 171 Å². The Morgan fingerprint density at radius 3 is 2.43 bits per heavy atom. The van der Waals surface area contributed by atoms with Crippen LogP contribution < -0.4 is 4.80 Å². The van der Waals surface area contributed by atoms with Gasteiger partial charge in [-0.1, -0.05) is 29.5 Å². The number of pyridine rings is 1. The molecule has 0 atom stereocenters. The van der Waals surface area contributed by atoms with Gasteiger partial charge in [-0.05, 0) is 48.0 Å². The van der Waals surface area contributed by atoms with E-state index in [0.717, 1.165) is 35.6 Å². The lowest BCUT2D eigenvalue weighted by Crippen LogP contribution is -2.13. The summed E-state index contributed by atoms with van der Waals surface area (Å²) in [6.07, 6.45) is -1.43. The molecule has 0 aliphatic heterocycles. The van der Waals surface area contributed by atoms with Crippen molar-refractivity contribution >= 4 is 17.2 Å². The van der Waals surface area contributed by atoms with Crippen LogP contribution >= 0.6 is 11.3 Å². The first-order valence-corrected chi connectivity index (χ1v) is 9.44. The number of hydrogen-bond donors (Lipinski definition) is 0. The van der Waals surface area contributed by atoms with Gasteiger partial charge >= 0.3 is 6.18 Å². The molecule has 0 N–H and O–H groups in total. The highest BCUT2D eigenvalue weighted by atomic mass is 32.1. The molecule has 0 amide bonds. The number of rotatable bonds is 3. The standard InChI is InChI=1S/C21H12F5N3S/c22-16-8-7-13(10-17(16)23)18-12-29(15-5-3-4-14(11-15)21(24,25)26)20(30-18)28-19-6-1-2-9-27-19/h1-12H. The van der Waals surface area contributed by atoms with Crippen molar-refractivity contribution in [2.45, 2.75) is 6.18 Å². The van der Waals surface area contributed by atoms with E-state index in [-0.39, 0.29) is 5.69 Å². The van der Waals surface area contributed by atoms with Gasteiger partial charge in [-0.2, -0.15) is 13.2 Å². The van der Waals surface area contributed by atoms with E-state index in [2.05, 4.69) is 9.98 Å². The van der Waals surface area contributed by atoms with E-state index in [4.69, 9.17) is 0 Å². The number of alkyl halides is 3. The summed E-state index contributed by atoms with van der Waals surface area (Å²) in [5.74, 6) is -1.65. The van der Waals surface area contributed by atoms with Crippen molar-refractivity contribution in [3.05, 3.63) is 95.1 Å². The second-order valence-electron chi connectivity index (χ2n) is 6.22. The van der Waals surface area contributed by atoms with Crippen LogP contribution in [0.4, 0.5) is 27.8 Å². The third-order valence-electron chi connectivity index (χ3n) is 4.17. The number of benzene rings is 2. The van der Waals surface area contributed by atoms with Gasteiger partial charge in [-0.15, -0.1) is 0 Å². The van der Waals surface area contributed by atoms with Crippen molar-refractivity contribution < 1.29 is 22.0 Å². The molecule has 152 valence electrons. The molecule has 0 saturated heterocycles. The Bertz CT molecular complexity index is 1260. The van der Waals surface area contributed by atoms with Gasteiger partial charge in [0.2, 0.25) is 0 Å². The molecule has 4 rings (SSSR count). The maximum absolute atomic E-state index is 13.7. The van der Waals surface area contributed by atoms with Crippen molar-refractivity contribution in [3.8, 4) is 16.1 Å². The van der Waals surface area contributed by atoms with Gasteiger partial charge in [0, 0.05) is 18.1 Å². The van der Waals surface area contributed by atoms with Gasteiger partial charge in [-0.25, -0.2) is 18.8 Å². The molecule has 4 aromatic rings. The van der Waals surface area contributed by atoms with Crippen LogP contribution in [-0.4, -0.2) is 9.55 Å². The van der Waals surface area contributed by atoms with Crippen molar-refractivity contribution in [1.82, 2.24) is 9.55 Å². The Morgan fingerprint density at radius 2 is 1.73 bits per heavy atom. The molecule has 0 unspecified atom stereocenters. The summed E-state index contributed by atoms with van der Waals surface area (Å²) in [5.41, 5.74) is -0.205. The number of thiazole rings is 1. The second-order valence-corrected chi connectivity index (χ2v) is 7.23. The molecular weight excluding hydrogens is 421 g/mol. The lowest BCUT2D eigenvalue weighted by molar-refractivity contribution is -0.137. The fraction of sp³-hybridized carbons (Fsp3) is 0.0476. The SMILES string of the molecule is Fc1ccc(-c2cn(-c3cccc(C(F)(F)F)c3)c(=Nc3ccccn3)s2)cc1F. The molecule has 30 heavy (non-hydrogen) atoms. The number of halogens is 5. The molecular formula is C21H12F5N3S. The van der Waals surface area contributed by atoms with Crippen LogP contribution in [0.3, 0.4) is 0 Å². The van der Waals surface area contributed by atoms with E-state index >= 15 is 0 Å². The molecule has 0 fully saturated rings. The Hall–Kier alpha value is -3.33. The minimum atomic E-state index is -4.51. The Morgan fingerprint density at radius 1 is 0.900 bits per heavy atom. The summed E-state index contributed by atoms with van der Waals surface area (Å²) in [7, 11) is 0. The number of hydrogen-bond acceptors (Lipinski definition) is 3. The van der Waals surface area contributed by atoms with Crippen molar-refractivity contribution in [3.63, 3.8) is 0 Å². The largest absolute Gasteiger partial charge is 0.416 e. The minimum absolute atomic E-state index is 0.226. The molecule has 0 aliphatic carbocycles. The lowest BCUT2D eigenvalue weighted by Gasteiger charge is -2.09. The Kier molecular flexibility index (Phi) is 5.21. The molecule has 0 saturated carbocycles. The highest BCUT2D eigenvalue weighted by Gasteiger charge is 2.30. The van der Waals surface area contributed by atoms with Crippen LogP contribution in [0, 0.1) is 11.6 Å². The molecule has 0 bridgehead atoms. The molecule has 2 aromatic carbocycles. The van der Waals surface area contributed by atoms with Crippen LogP contribution in [0.25, 0.3) is 16.1 Å². The lowest BCUT2D eigenvalue weighted by atomic mass is 10.2. The zero-order valence-corrected chi connectivity index (χ0v) is 15.9. The predicted molar refractivity (Wildman–Crippen MR) is 103 cm³/mol. The van der Waals surface area contributed by atoms with Gasteiger partial charge in [0.05, 0.1) is 10.4 Å². The summed E-state index contributed by atoms with van der Waals surface area (Å²) in [5, 5.41) is 0. The fourth-order valence-electron chi connectivity index (χ4n) is 2.74. The van der Waals surface area contributed by atoms with Crippen molar-refractivity contribution in [1.29, 1.82) is 0 Å². The van der Waals surface area contributed by atoms with E-state index in [9.17, 15) is 22.0 Å². The summed E-state index contributed by atoms with van der Waals surface area (Å²) in [6.45, 7) is 0. The summed E-state index contributed by atoms with van der Waals surface area (Å²) in [6, 6.07) is 13.3. The monoisotopic (exact) mass is 433 g/mol. The maximum atomic E-state index is 13.7. The van der Waals surface area contributed by atoms with Gasteiger partial charge in [0.25, 0.3) is 0 Å². The molecule has 9 heteroatoms. The zero-order chi connectivity index (χ0) is 21.3. The molecule has 0 spiro atoms. The number of nitrogens with zero attached hydrogens (tertiary/aromatic N) is 3. The van der Waals surface area contributed by atoms with E-state index < -0.39 is 23.4 Å². The summed E-state index contributed by atoms with van der Waals surface area (Å²) < 4.78 is 67.9. The van der Waals surface area contributed by atoms with Gasteiger partial charge in [0.15, 0.2) is 22.3 Å². The number of aromatic nitrogens is 2. The minimum Gasteiger partial charge on any atom is -0.292 e. The van der Waals surface area contributed by atoms with Crippen LogP contribution in [0.1, 0.15) is 5.56 Å². The van der Waals surface area contributed by atoms with Crippen LogP contribution in [-0.2, 0) is 6.18 Å². The molecule has 2 heterocycles. The molecule has 0 aliphatic rings. The first-order chi connectivity index (χ1) is 14.3. The first kappa shape index (κ1) is 20.0. The van der Waals surface area contributed by atoms with E-state index in [1.54, 1.807) is 18.2 Å². The summed E-state index contributed by atoms with van der Waals surface area (Å²) >= 11 is 1.12. The topological polar surface area (TPSA) is 30.2 Å². The third kappa shape index (κ3) is 4.16.